The molecule has 0 spiro atoms. The Morgan fingerprint density at radius 1 is 1.19 bits per heavy atom. The number of carbonyl (C=O) groups is 2. The molecule has 3 N–H and O–H groups in total. The molecule has 1 amide bonds. The second kappa shape index (κ2) is 5.14. The van der Waals surface area contributed by atoms with Gasteiger partial charge in [-0.05, 0) is 37.0 Å². The van der Waals surface area contributed by atoms with Gasteiger partial charge < -0.3 is 20.2 Å². The van der Waals surface area contributed by atoms with Gasteiger partial charge in [0.2, 0.25) is 0 Å². The van der Waals surface area contributed by atoms with Crippen LogP contribution in [0.2, 0.25) is 0 Å². The standard InChI is InChI=1S/C14H15NO5S/c16-10-4-3-8(5-11(10)17)12(18)15-9(14(19)20)6-21-13(15)7-1-2-7/h3-5,7,9,13,16-17H,1-2,6H2,(H,19,20). The first-order valence-corrected chi connectivity index (χ1v) is 7.73. The van der Waals surface area contributed by atoms with Crippen molar-refractivity contribution in [2.24, 2.45) is 5.92 Å². The first-order chi connectivity index (χ1) is 9.99. The fourth-order valence-electron chi connectivity index (χ4n) is 2.53. The number of nitrogens with zero attached hydrogens (tertiary/aromatic N) is 1. The number of phenols is 2. The van der Waals surface area contributed by atoms with E-state index in [2.05, 4.69) is 0 Å². The van der Waals surface area contributed by atoms with Crippen LogP contribution in [-0.2, 0) is 4.79 Å². The molecule has 1 saturated carbocycles. The Bertz CT molecular complexity index is 601. The minimum atomic E-state index is -1.01. The van der Waals surface area contributed by atoms with Crippen LogP contribution in [-0.4, -0.2) is 49.3 Å². The Hall–Kier alpha value is -1.89. The molecule has 1 aliphatic carbocycles. The molecule has 2 unspecified atom stereocenters. The van der Waals surface area contributed by atoms with E-state index >= 15 is 0 Å². The summed E-state index contributed by atoms with van der Waals surface area (Å²) in [6.07, 6.45) is 2.02. The average molecular weight is 309 g/mol. The molecule has 1 aromatic rings. The number of hydrogen-bond acceptors (Lipinski definition) is 5. The van der Waals surface area contributed by atoms with Gasteiger partial charge in [0.05, 0.1) is 5.37 Å². The summed E-state index contributed by atoms with van der Waals surface area (Å²) in [6, 6.07) is 2.95. The Labute approximate surface area is 125 Å². The molecule has 0 radical (unpaired) electrons. The van der Waals surface area contributed by atoms with Crippen LogP contribution in [0.3, 0.4) is 0 Å². The zero-order valence-corrected chi connectivity index (χ0v) is 11.9. The van der Waals surface area contributed by atoms with Gasteiger partial charge in [0.15, 0.2) is 11.5 Å². The molecule has 1 aliphatic heterocycles. The normalized spacial score (nSPS) is 25.0. The Kier molecular flexibility index (Phi) is 3.44. The van der Waals surface area contributed by atoms with Gasteiger partial charge in [-0.1, -0.05) is 0 Å². The number of carboxylic acids is 1. The number of phenolic OH excluding ortho intramolecular Hbond substituents is 2. The average Bonchev–Trinajstić information content (AvgIpc) is 3.19. The SMILES string of the molecule is O=C(O)C1CSC(C2CC2)N1C(=O)c1ccc(O)c(O)c1. The zero-order chi connectivity index (χ0) is 15.1. The van der Waals surface area contributed by atoms with Crippen LogP contribution in [0.1, 0.15) is 23.2 Å². The smallest absolute Gasteiger partial charge is 0.327 e. The van der Waals surface area contributed by atoms with Crippen LogP contribution >= 0.6 is 11.8 Å². The minimum absolute atomic E-state index is 0.116. The van der Waals surface area contributed by atoms with E-state index in [4.69, 9.17) is 0 Å². The lowest BCUT2D eigenvalue weighted by molar-refractivity contribution is -0.141. The summed E-state index contributed by atoms with van der Waals surface area (Å²) in [4.78, 5) is 25.4. The van der Waals surface area contributed by atoms with Crippen LogP contribution in [0.5, 0.6) is 11.5 Å². The number of hydrogen-bond donors (Lipinski definition) is 3. The molecule has 1 aromatic carbocycles. The first kappa shape index (κ1) is 14.1. The predicted molar refractivity (Wildman–Crippen MR) is 76.3 cm³/mol. The highest BCUT2D eigenvalue weighted by Gasteiger charge is 2.48. The van der Waals surface area contributed by atoms with E-state index in [0.717, 1.165) is 12.8 Å². The van der Waals surface area contributed by atoms with Gasteiger partial charge >= 0.3 is 5.97 Å². The van der Waals surface area contributed by atoms with Crippen LogP contribution in [0, 0.1) is 5.92 Å². The molecular weight excluding hydrogens is 294 g/mol. The lowest BCUT2D eigenvalue weighted by Crippen LogP contribution is -2.46. The van der Waals surface area contributed by atoms with E-state index in [-0.39, 0.29) is 22.4 Å². The van der Waals surface area contributed by atoms with Gasteiger partial charge in [-0.25, -0.2) is 4.79 Å². The van der Waals surface area contributed by atoms with Crippen molar-refractivity contribution in [1.82, 2.24) is 4.90 Å². The number of aliphatic carboxylic acids is 1. The maximum Gasteiger partial charge on any atom is 0.327 e. The largest absolute Gasteiger partial charge is 0.504 e. The van der Waals surface area contributed by atoms with Crippen LogP contribution in [0.15, 0.2) is 18.2 Å². The van der Waals surface area contributed by atoms with Gasteiger partial charge in [0, 0.05) is 11.3 Å². The Morgan fingerprint density at radius 2 is 1.90 bits per heavy atom. The van der Waals surface area contributed by atoms with Crippen molar-refractivity contribution in [2.75, 3.05) is 5.75 Å². The van der Waals surface area contributed by atoms with Crippen molar-refractivity contribution in [2.45, 2.75) is 24.3 Å². The molecule has 2 atom stereocenters. The molecule has 0 bridgehead atoms. The van der Waals surface area contributed by atoms with E-state index in [1.165, 1.54) is 34.9 Å². The molecule has 112 valence electrons. The van der Waals surface area contributed by atoms with E-state index in [1.54, 1.807) is 0 Å². The summed E-state index contributed by atoms with van der Waals surface area (Å²) < 4.78 is 0. The van der Waals surface area contributed by atoms with E-state index in [1.807, 2.05) is 0 Å². The van der Waals surface area contributed by atoms with Gasteiger partial charge in [-0.15, -0.1) is 11.8 Å². The van der Waals surface area contributed by atoms with Crippen LogP contribution in [0.4, 0.5) is 0 Å². The second-order valence-electron chi connectivity index (χ2n) is 5.33. The van der Waals surface area contributed by atoms with Crippen molar-refractivity contribution >= 4 is 23.6 Å². The number of carbonyl (C=O) groups excluding carboxylic acids is 1. The number of rotatable bonds is 3. The first-order valence-electron chi connectivity index (χ1n) is 6.68. The monoisotopic (exact) mass is 309 g/mol. The number of amides is 1. The summed E-state index contributed by atoms with van der Waals surface area (Å²) in [5.41, 5.74) is 0.185. The van der Waals surface area contributed by atoms with Gasteiger partial charge in [-0.2, -0.15) is 0 Å². The Balaban J connectivity index is 1.91. The summed E-state index contributed by atoms with van der Waals surface area (Å²) in [5.74, 6) is -1.39. The number of benzene rings is 1. The fraction of sp³-hybridized carbons (Fsp3) is 0.429. The van der Waals surface area contributed by atoms with Crippen molar-refractivity contribution in [3.05, 3.63) is 23.8 Å². The third kappa shape index (κ3) is 2.53. The van der Waals surface area contributed by atoms with Gasteiger partial charge in [0.25, 0.3) is 5.91 Å². The molecule has 7 heteroatoms. The predicted octanol–water partition coefficient (Wildman–Crippen LogP) is 1.48. The molecule has 2 aliphatic rings. The summed E-state index contributed by atoms with van der Waals surface area (Å²) in [6.45, 7) is 0. The highest BCUT2D eigenvalue weighted by atomic mass is 32.2. The van der Waals surface area contributed by atoms with Crippen LogP contribution < -0.4 is 0 Å². The van der Waals surface area contributed by atoms with E-state index in [9.17, 15) is 24.9 Å². The quantitative estimate of drug-likeness (QED) is 0.732. The maximum atomic E-state index is 12.6. The third-order valence-electron chi connectivity index (χ3n) is 3.80. The second-order valence-corrected chi connectivity index (χ2v) is 6.48. The van der Waals surface area contributed by atoms with Crippen molar-refractivity contribution in [3.63, 3.8) is 0 Å². The highest BCUT2D eigenvalue weighted by molar-refractivity contribution is 8.00. The molecule has 0 aromatic heterocycles. The third-order valence-corrected chi connectivity index (χ3v) is 5.26. The van der Waals surface area contributed by atoms with E-state index in [0.29, 0.717) is 11.7 Å². The lowest BCUT2D eigenvalue weighted by Gasteiger charge is -2.27. The minimum Gasteiger partial charge on any atom is -0.504 e. The molecule has 6 nitrogen and oxygen atoms in total. The Morgan fingerprint density at radius 3 is 2.48 bits per heavy atom. The number of carboxylic acid groups (broad SMARTS) is 1. The topological polar surface area (TPSA) is 98.1 Å². The van der Waals surface area contributed by atoms with Gasteiger partial charge in [-0.3, -0.25) is 4.79 Å². The fourth-order valence-corrected chi connectivity index (χ4v) is 4.16. The molecular formula is C14H15NO5S. The van der Waals surface area contributed by atoms with Crippen molar-refractivity contribution in [1.29, 1.82) is 0 Å². The molecule has 3 rings (SSSR count). The number of aromatic hydroxyl groups is 2. The maximum absolute atomic E-state index is 12.6. The number of thioether (sulfide) groups is 1. The summed E-state index contributed by atoms with van der Waals surface area (Å²) >= 11 is 1.50. The summed E-state index contributed by atoms with van der Waals surface area (Å²) in [5, 5.41) is 28.0. The van der Waals surface area contributed by atoms with E-state index < -0.39 is 17.9 Å². The molecule has 21 heavy (non-hydrogen) atoms. The van der Waals surface area contributed by atoms with Crippen molar-refractivity contribution in [3.8, 4) is 11.5 Å². The lowest BCUT2D eigenvalue weighted by atomic mass is 10.1. The summed E-state index contributed by atoms with van der Waals surface area (Å²) in [7, 11) is 0. The zero-order valence-electron chi connectivity index (χ0n) is 11.1. The molecule has 1 heterocycles. The molecule has 2 fully saturated rings. The molecule has 1 saturated heterocycles. The highest BCUT2D eigenvalue weighted by Crippen LogP contribution is 2.46. The van der Waals surface area contributed by atoms with Gasteiger partial charge in [0.1, 0.15) is 6.04 Å². The van der Waals surface area contributed by atoms with Crippen LogP contribution in [0.25, 0.3) is 0 Å². The van der Waals surface area contributed by atoms with Crippen molar-refractivity contribution < 1.29 is 24.9 Å².